The smallest absolute Gasteiger partial charge is 0.258 e. The number of methoxy groups -OCH3 is 2. The summed E-state index contributed by atoms with van der Waals surface area (Å²) in [5.74, 6) is -1.95. The van der Waals surface area contributed by atoms with Gasteiger partial charge in [-0.15, -0.1) is 0 Å². The summed E-state index contributed by atoms with van der Waals surface area (Å²) in [4.78, 5) is 50.2. The third-order valence-electron chi connectivity index (χ3n) is 6.88. The van der Waals surface area contributed by atoms with E-state index >= 15 is 0 Å². The second-order valence-electron chi connectivity index (χ2n) is 10.5. The van der Waals surface area contributed by atoms with Crippen LogP contribution in [0.15, 0.2) is 93.3 Å². The molecule has 12 nitrogen and oxygen atoms in total. The molecule has 0 aliphatic heterocycles. The number of hydrogen-bond donors (Lipinski definition) is 2. The fourth-order valence-corrected chi connectivity index (χ4v) is 5.27. The van der Waals surface area contributed by atoms with Gasteiger partial charge in [0.15, 0.2) is 11.6 Å². The summed E-state index contributed by atoms with van der Waals surface area (Å²) in [6, 6.07) is 15.9. The maximum atomic E-state index is 13.0. The Balaban J connectivity index is 1.48. The van der Waals surface area contributed by atoms with Gasteiger partial charge in [-0.05, 0) is 62.4 Å². The lowest BCUT2D eigenvalue weighted by Gasteiger charge is -2.14. The van der Waals surface area contributed by atoms with Crippen molar-refractivity contribution >= 4 is 92.5 Å². The Morgan fingerprint density at radius 1 is 0.600 bits per heavy atom. The number of halogens is 4. The van der Waals surface area contributed by atoms with Gasteiger partial charge >= 0.3 is 0 Å². The summed E-state index contributed by atoms with van der Waals surface area (Å²) in [6.07, 6.45) is 0. The molecule has 0 fully saturated rings. The van der Waals surface area contributed by atoms with Crippen LogP contribution < -0.4 is 20.1 Å². The van der Waals surface area contributed by atoms with E-state index in [1.54, 1.807) is 48.5 Å². The van der Waals surface area contributed by atoms with Crippen LogP contribution in [0.4, 0.5) is 22.7 Å². The zero-order chi connectivity index (χ0) is 36.5. The van der Waals surface area contributed by atoms with E-state index in [-0.39, 0.29) is 43.6 Å². The van der Waals surface area contributed by atoms with Gasteiger partial charge in [0, 0.05) is 34.0 Å². The van der Waals surface area contributed by atoms with Crippen molar-refractivity contribution in [1.29, 1.82) is 0 Å². The summed E-state index contributed by atoms with van der Waals surface area (Å²) in [7, 11) is 2.81. The Morgan fingerprint density at radius 2 is 1.08 bits per heavy atom. The van der Waals surface area contributed by atoms with E-state index in [9.17, 15) is 19.2 Å². The average Bonchev–Trinajstić information content (AvgIpc) is 3.06. The number of nitrogens with one attached hydrogen (secondary N) is 2. The van der Waals surface area contributed by atoms with Gasteiger partial charge < -0.3 is 20.1 Å². The van der Waals surface area contributed by atoms with Gasteiger partial charge in [0.05, 0.1) is 46.3 Å². The minimum absolute atomic E-state index is 0.218. The highest BCUT2D eigenvalue weighted by Crippen LogP contribution is 2.38. The van der Waals surface area contributed by atoms with Crippen molar-refractivity contribution < 1.29 is 28.7 Å². The molecule has 50 heavy (non-hydrogen) atoms. The normalized spacial score (nSPS) is 12.4. The lowest BCUT2D eigenvalue weighted by atomic mass is 10.0. The summed E-state index contributed by atoms with van der Waals surface area (Å²) in [6.45, 7) is 2.44. The number of azo groups is 2. The van der Waals surface area contributed by atoms with E-state index < -0.39 is 35.5 Å². The predicted octanol–water partition coefficient (Wildman–Crippen LogP) is 9.34. The van der Waals surface area contributed by atoms with E-state index in [1.807, 2.05) is 0 Å². The number of rotatable bonds is 13. The van der Waals surface area contributed by atoms with Gasteiger partial charge in [0.2, 0.25) is 12.1 Å². The molecule has 16 heteroatoms. The van der Waals surface area contributed by atoms with E-state index in [0.717, 1.165) is 0 Å². The van der Waals surface area contributed by atoms with E-state index in [4.69, 9.17) is 55.9 Å². The zero-order valence-electron chi connectivity index (χ0n) is 26.8. The van der Waals surface area contributed by atoms with Gasteiger partial charge in [-0.2, -0.15) is 20.5 Å². The van der Waals surface area contributed by atoms with Crippen LogP contribution in [0, 0.1) is 0 Å². The number of ether oxygens (including phenoxy) is 2. The highest BCUT2D eigenvalue weighted by Gasteiger charge is 2.25. The van der Waals surface area contributed by atoms with Crippen LogP contribution >= 0.6 is 46.4 Å². The third-order valence-corrected chi connectivity index (χ3v) is 8.06. The van der Waals surface area contributed by atoms with Crippen LogP contribution in [0.25, 0.3) is 11.1 Å². The monoisotopic (exact) mass is 756 g/mol. The fourth-order valence-electron chi connectivity index (χ4n) is 4.36. The Bertz CT molecular complexity index is 2010. The molecule has 4 aromatic carbocycles. The number of carbonyl (C=O) groups is 4. The SMILES string of the molecule is COc1cc(NC(=O)C(N=Nc2ccc(-c3ccc(N=NC(C(C)=O)C(=O)Nc4ccc(Cl)cc4)cc3Cl)c(Cl)c2)C(C)=O)c(OC)cc1Cl. The number of hydrogen-bond acceptors (Lipinski definition) is 10. The fraction of sp³-hybridized carbons (Fsp3) is 0.176. The molecule has 0 aliphatic carbocycles. The number of anilines is 2. The molecule has 4 rings (SSSR count). The second kappa shape index (κ2) is 17.2. The Labute approximate surface area is 306 Å². The number of Topliss-reactive ketones (excluding diaryl/α,β-unsaturated/α-hetero) is 2. The minimum Gasteiger partial charge on any atom is -0.495 e. The van der Waals surface area contributed by atoms with E-state index in [1.165, 1.54) is 52.3 Å². The topological polar surface area (TPSA) is 160 Å². The summed E-state index contributed by atoms with van der Waals surface area (Å²) in [5, 5.41) is 22.5. The number of nitrogens with zero attached hydrogens (tertiary/aromatic N) is 4. The van der Waals surface area contributed by atoms with Gasteiger partial charge in [-0.3, -0.25) is 19.2 Å². The number of carbonyl (C=O) groups excluding carboxylic acids is 4. The average molecular weight is 758 g/mol. The molecule has 0 bridgehead atoms. The van der Waals surface area contributed by atoms with Crippen LogP contribution in [-0.2, 0) is 19.2 Å². The van der Waals surface area contributed by atoms with E-state index in [0.29, 0.717) is 21.8 Å². The first-order valence-electron chi connectivity index (χ1n) is 14.5. The molecular formula is C34H28Cl4N6O6. The van der Waals surface area contributed by atoms with Crippen LogP contribution in [0.1, 0.15) is 13.8 Å². The summed E-state index contributed by atoms with van der Waals surface area (Å²) >= 11 is 25.1. The molecule has 0 heterocycles. The third kappa shape index (κ3) is 9.63. The Kier molecular flexibility index (Phi) is 13.0. The Morgan fingerprint density at radius 3 is 1.52 bits per heavy atom. The molecule has 0 saturated heterocycles. The predicted molar refractivity (Wildman–Crippen MR) is 193 cm³/mol. The first-order chi connectivity index (χ1) is 23.8. The lowest BCUT2D eigenvalue weighted by molar-refractivity contribution is -0.127. The molecule has 4 aromatic rings. The highest BCUT2D eigenvalue weighted by atomic mass is 35.5. The summed E-state index contributed by atoms with van der Waals surface area (Å²) in [5.41, 5.74) is 2.28. The molecule has 258 valence electrons. The molecule has 0 aromatic heterocycles. The van der Waals surface area contributed by atoms with Gasteiger partial charge in [0.1, 0.15) is 11.5 Å². The highest BCUT2D eigenvalue weighted by molar-refractivity contribution is 6.37. The Hall–Kier alpha value is -4.88. The van der Waals surface area contributed by atoms with Crippen molar-refractivity contribution in [3.63, 3.8) is 0 Å². The van der Waals surface area contributed by atoms with Gasteiger partial charge in [-0.1, -0.05) is 58.5 Å². The maximum Gasteiger partial charge on any atom is 0.258 e. The van der Waals surface area contributed by atoms with Crippen LogP contribution in [-0.4, -0.2) is 49.7 Å². The molecule has 0 spiro atoms. The minimum atomic E-state index is -1.48. The van der Waals surface area contributed by atoms with Crippen LogP contribution in [0.3, 0.4) is 0 Å². The summed E-state index contributed by atoms with van der Waals surface area (Å²) < 4.78 is 10.5. The maximum absolute atomic E-state index is 13.0. The first-order valence-corrected chi connectivity index (χ1v) is 16.0. The zero-order valence-corrected chi connectivity index (χ0v) is 29.9. The van der Waals surface area contributed by atoms with Gasteiger partial charge in [-0.25, -0.2) is 0 Å². The van der Waals surface area contributed by atoms with Crippen LogP contribution in [0.5, 0.6) is 11.5 Å². The second-order valence-corrected chi connectivity index (χ2v) is 12.1. The van der Waals surface area contributed by atoms with Gasteiger partial charge in [0.25, 0.3) is 11.8 Å². The largest absolute Gasteiger partial charge is 0.495 e. The molecule has 0 radical (unpaired) electrons. The quantitative estimate of drug-likeness (QED) is 0.102. The number of ketones is 2. The molecule has 0 saturated carbocycles. The molecular weight excluding hydrogens is 730 g/mol. The van der Waals surface area contributed by atoms with Crippen molar-refractivity contribution in [1.82, 2.24) is 0 Å². The van der Waals surface area contributed by atoms with Crippen molar-refractivity contribution in [3.05, 3.63) is 92.9 Å². The molecule has 2 unspecified atom stereocenters. The van der Waals surface area contributed by atoms with Crippen molar-refractivity contribution in [3.8, 4) is 22.6 Å². The standard InChI is InChI=1S/C34H28Cl4N6O6/c1-17(45)31(33(47)39-20-7-5-19(35)6-8-20)43-41-21-9-11-23(25(36)13-21)24-12-10-22(14-26(24)37)42-44-32(18(2)46)34(48)40-28-16-29(49-3)27(38)15-30(28)50-4/h5-16,31-32H,1-4H3,(H,39,47)(H,40,48). The molecule has 2 N–H and O–H groups in total. The lowest BCUT2D eigenvalue weighted by Crippen LogP contribution is -2.32. The number of amides is 2. The van der Waals surface area contributed by atoms with Crippen molar-refractivity contribution in [2.24, 2.45) is 20.5 Å². The van der Waals surface area contributed by atoms with Crippen molar-refractivity contribution in [2.75, 3.05) is 24.9 Å². The number of benzene rings is 4. The molecule has 0 aliphatic rings. The van der Waals surface area contributed by atoms with E-state index in [2.05, 4.69) is 31.1 Å². The van der Waals surface area contributed by atoms with Crippen LogP contribution in [0.2, 0.25) is 20.1 Å². The molecule has 2 amide bonds. The van der Waals surface area contributed by atoms with Crippen molar-refractivity contribution in [2.45, 2.75) is 25.9 Å². The molecule has 2 atom stereocenters. The first kappa shape index (κ1) is 37.9.